The summed E-state index contributed by atoms with van der Waals surface area (Å²) in [5.41, 5.74) is -0.825. The van der Waals surface area contributed by atoms with Crippen LogP contribution in [0, 0.1) is 17.2 Å². The Morgan fingerprint density at radius 1 is 1.64 bits per heavy atom. The van der Waals surface area contributed by atoms with Crippen molar-refractivity contribution in [3.8, 4) is 6.07 Å². The summed E-state index contributed by atoms with van der Waals surface area (Å²) in [6.45, 7) is 7.79. The zero-order chi connectivity index (χ0) is 11.2. The van der Waals surface area contributed by atoms with E-state index in [0.29, 0.717) is 18.9 Å². The van der Waals surface area contributed by atoms with Gasteiger partial charge in [-0.15, -0.1) is 0 Å². The molecule has 0 radical (unpaired) electrons. The Hall–Kier alpha value is -1.24. The van der Waals surface area contributed by atoms with E-state index in [0.717, 1.165) is 0 Å². The summed E-state index contributed by atoms with van der Waals surface area (Å²) in [4.78, 5) is 11.2. The second-order valence-corrected chi connectivity index (χ2v) is 3.91. The molecule has 0 rings (SSSR count). The van der Waals surface area contributed by atoms with Crippen LogP contribution in [0.15, 0.2) is 0 Å². The molecule has 80 valence electrons. The average molecular weight is 198 g/mol. The van der Waals surface area contributed by atoms with E-state index in [1.807, 2.05) is 26.8 Å². The van der Waals surface area contributed by atoms with Crippen molar-refractivity contribution in [1.82, 2.24) is 5.32 Å². The van der Waals surface area contributed by atoms with Crippen LogP contribution >= 0.6 is 0 Å². The number of hydrogen-bond donors (Lipinski definition) is 1. The molecule has 0 saturated heterocycles. The lowest BCUT2D eigenvalue weighted by Crippen LogP contribution is -2.44. The molecule has 0 bridgehead atoms. The number of nitrogens with one attached hydrogen (secondary N) is 1. The van der Waals surface area contributed by atoms with Crippen LogP contribution in [0.3, 0.4) is 0 Å². The molecular weight excluding hydrogens is 180 g/mol. The third-order valence-electron chi connectivity index (χ3n) is 1.88. The van der Waals surface area contributed by atoms with Gasteiger partial charge in [0.05, 0.1) is 12.7 Å². The van der Waals surface area contributed by atoms with Gasteiger partial charge in [-0.1, -0.05) is 20.8 Å². The minimum absolute atomic E-state index is 0.302. The van der Waals surface area contributed by atoms with Crippen molar-refractivity contribution >= 4 is 6.09 Å². The topological polar surface area (TPSA) is 62.1 Å². The monoisotopic (exact) mass is 198 g/mol. The van der Waals surface area contributed by atoms with Gasteiger partial charge in [0, 0.05) is 0 Å². The molecule has 4 heteroatoms. The van der Waals surface area contributed by atoms with E-state index >= 15 is 0 Å². The lowest BCUT2D eigenvalue weighted by molar-refractivity contribution is 0.126. The summed E-state index contributed by atoms with van der Waals surface area (Å²) in [6, 6.07) is 2.03. The van der Waals surface area contributed by atoms with E-state index < -0.39 is 11.6 Å². The van der Waals surface area contributed by atoms with E-state index in [1.54, 1.807) is 6.92 Å². The number of nitriles is 1. The molecule has 14 heavy (non-hydrogen) atoms. The SMILES string of the molecule is CCC(C)(C#N)NC(=O)OCC(C)C. The summed E-state index contributed by atoms with van der Waals surface area (Å²) in [5.74, 6) is 0.302. The smallest absolute Gasteiger partial charge is 0.408 e. The molecule has 0 heterocycles. The van der Waals surface area contributed by atoms with Crippen molar-refractivity contribution < 1.29 is 9.53 Å². The molecule has 0 fully saturated rings. The van der Waals surface area contributed by atoms with E-state index in [4.69, 9.17) is 10.00 Å². The molecule has 0 aliphatic carbocycles. The molecule has 0 spiro atoms. The van der Waals surface area contributed by atoms with E-state index in [2.05, 4.69) is 5.32 Å². The maximum Gasteiger partial charge on any atom is 0.408 e. The number of amides is 1. The van der Waals surface area contributed by atoms with Crippen LogP contribution in [-0.4, -0.2) is 18.2 Å². The Bertz CT molecular complexity index is 233. The zero-order valence-electron chi connectivity index (χ0n) is 9.26. The van der Waals surface area contributed by atoms with E-state index in [9.17, 15) is 4.79 Å². The quantitative estimate of drug-likeness (QED) is 0.752. The van der Waals surface area contributed by atoms with E-state index in [-0.39, 0.29) is 0 Å². The molecule has 0 aromatic heterocycles. The van der Waals surface area contributed by atoms with Crippen LogP contribution < -0.4 is 5.32 Å². The first-order chi connectivity index (χ1) is 6.43. The van der Waals surface area contributed by atoms with Crippen LogP contribution in [0.2, 0.25) is 0 Å². The van der Waals surface area contributed by atoms with Gasteiger partial charge in [-0.2, -0.15) is 5.26 Å². The molecule has 0 aromatic rings. The molecular formula is C10H18N2O2. The fourth-order valence-corrected chi connectivity index (χ4v) is 0.699. The Kier molecular flexibility index (Phi) is 5.00. The second kappa shape index (κ2) is 5.48. The van der Waals surface area contributed by atoms with Crippen molar-refractivity contribution in [3.63, 3.8) is 0 Å². The van der Waals surface area contributed by atoms with Crippen LogP contribution in [0.4, 0.5) is 4.79 Å². The maximum absolute atomic E-state index is 11.2. The molecule has 1 atom stereocenters. The molecule has 0 aliphatic heterocycles. The highest BCUT2D eigenvalue weighted by Crippen LogP contribution is 2.07. The number of carbonyl (C=O) groups is 1. The first kappa shape index (κ1) is 12.8. The Morgan fingerprint density at radius 2 is 2.21 bits per heavy atom. The third-order valence-corrected chi connectivity index (χ3v) is 1.88. The number of alkyl carbamates (subject to hydrolysis) is 1. The van der Waals surface area contributed by atoms with Crippen LogP contribution in [-0.2, 0) is 4.74 Å². The van der Waals surface area contributed by atoms with Crippen LogP contribution in [0.1, 0.15) is 34.1 Å². The first-order valence-corrected chi connectivity index (χ1v) is 4.79. The number of hydrogen-bond acceptors (Lipinski definition) is 3. The van der Waals surface area contributed by atoms with E-state index in [1.165, 1.54) is 0 Å². The van der Waals surface area contributed by atoms with Gasteiger partial charge < -0.3 is 10.1 Å². The second-order valence-electron chi connectivity index (χ2n) is 3.91. The largest absolute Gasteiger partial charge is 0.449 e. The minimum atomic E-state index is -0.825. The van der Waals surface area contributed by atoms with Gasteiger partial charge in [-0.3, -0.25) is 0 Å². The summed E-state index contributed by atoms with van der Waals surface area (Å²) in [5, 5.41) is 11.3. The molecule has 0 saturated carbocycles. The van der Waals surface area contributed by atoms with Crippen molar-refractivity contribution in [2.45, 2.75) is 39.7 Å². The number of ether oxygens (including phenoxy) is 1. The lowest BCUT2D eigenvalue weighted by atomic mass is 10.0. The predicted octanol–water partition coefficient (Wildman–Crippen LogP) is 2.06. The Labute approximate surface area is 85.2 Å². The normalized spacial score (nSPS) is 14.3. The van der Waals surface area contributed by atoms with Gasteiger partial charge >= 0.3 is 6.09 Å². The van der Waals surface area contributed by atoms with Gasteiger partial charge in [0.2, 0.25) is 0 Å². The summed E-state index contributed by atoms with van der Waals surface area (Å²) >= 11 is 0. The zero-order valence-corrected chi connectivity index (χ0v) is 9.26. The van der Waals surface area contributed by atoms with Gasteiger partial charge in [0.1, 0.15) is 5.54 Å². The molecule has 0 aliphatic rings. The number of rotatable bonds is 4. The highest BCUT2D eigenvalue weighted by atomic mass is 16.5. The van der Waals surface area contributed by atoms with Gasteiger partial charge in [-0.25, -0.2) is 4.79 Å². The fraction of sp³-hybridized carbons (Fsp3) is 0.800. The van der Waals surface area contributed by atoms with Crippen molar-refractivity contribution in [3.05, 3.63) is 0 Å². The maximum atomic E-state index is 11.2. The summed E-state index contributed by atoms with van der Waals surface area (Å²) in [6.07, 6.45) is 0.0323. The molecule has 1 amide bonds. The highest BCUT2D eigenvalue weighted by molar-refractivity contribution is 5.68. The lowest BCUT2D eigenvalue weighted by Gasteiger charge is -2.21. The molecule has 0 aromatic carbocycles. The Balaban J connectivity index is 4.00. The molecule has 1 unspecified atom stereocenters. The standard InChI is InChI=1S/C10H18N2O2/c1-5-10(4,7-11)12-9(13)14-6-8(2)3/h8H,5-6H2,1-4H3,(H,12,13). The molecule has 1 N–H and O–H groups in total. The Morgan fingerprint density at radius 3 is 2.57 bits per heavy atom. The average Bonchev–Trinajstić information content (AvgIpc) is 2.14. The number of nitrogens with zero attached hydrogens (tertiary/aromatic N) is 1. The van der Waals surface area contributed by atoms with Gasteiger partial charge in [-0.05, 0) is 19.3 Å². The number of carbonyl (C=O) groups excluding carboxylic acids is 1. The van der Waals surface area contributed by atoms with Gasteiger partial charge in [0.25, 0.3) is 0 Å². The summed E-state index contributed by atoms with van der Waals surface area (Å²) < 4.78 is 4.90. The molecule has 4 nitrogen and oxygen atoms in total. The van der Waals surface area contributed by atoms with Crippen LogP contribution in [0.5, 0.6) is 0 Å². The first-order valence-electron chi connectivity index (χ1n) is 4.79. The minimum Gasteiger partial charge on any atom is -0.449 e. The van der Waals surface area contributed by atoms with Crippen molar-refractivity contribution in [2.75, 3.05) is 6.61 Å². The van der Waals surface area contributed by atoms with Crippen LogP contribution in [0.25, 0.3) is 0 Å². The highest BCUT2D eigenvalue weighted by Gasteiger charge is 2.24. The van der Waals surface area contributed by atoms with Crippen molar-refractivity contribution in [1.29, 1.82) is 5.26 Å². The summed E-state index contributed by atoms with van der Waals surface area (Å²) in [7, 11) is 0. The fourth-order valence-electron chi connectivity index (χ4n) is 0.699. The van der Waals surface area contributed by atoms with Gasteiger partial charge in [0.15, 0.2) is 0 Å². The van der Waals surface area contributed by atoms with Crippen molar-refractivity contribution in [2.24, 2.45) is 5.92 Å². The predicted molar refractivity (Wildman–Crippen MR) is 53.6 cm³/mol. The third kappa shape index (κ3) is 4.70.